The van der Waals surface area contributed by atoms with Crippen molar-refractivity contribution < 1.29 is 4.79 Å². The van der Waals surface area contributed by atoms with Gasteiger partial charge in [-0.2, -0.15) is 5.26 Å². The predicted octanol–water partition coefficient (Wildman–Crippen LogP) is 1.63. The van der Waals surface area contributed by atoms with Crippen molar-refractivity contribution in [3.63, 3.8) is 0 Å². The molecule has 1 aliphatic rings. The molecule has 0 saturated carbocycles. The smallest absolute Gasteiger partial charge is 0.245 e. The van der Waals surface area contributed by atoms with Crippen LogP contribution in [-0.4, -0.2) is 11.0 Å². The van der Waals surface area contributed by atoms with Gasteiger partial charge >= 0.3 is 0 Å². The molecule has 2 atom stereocenters. The number of hydrogen-bond acceptors (Lipinski definition) is 3. The molecule has 2 rings (SSSR count). The van der Waals surface area contributed by atoms with Crippen LogP contribution in [0, 0.1) is 17.2 Å². The molecule has 1 heterocycles. The molecule has 86 valence electrons. The second-order valence-corrected chi connectivity index (χ2v) is 4.93. The highest BCUT2D eigenvalue weighted by Crippen LogP contribution is 2.26. The molecule has 1 amide bonds. The first kappa shape index (κ1) is 12.0. The minimum Gasteiger partial charge on any atom is -0.354 e. The summed E-state index contributed by atoms with van der Waals surface area (Å²) >= 11 is 8.29. The average Bonchev–Trinajstić information content (AvgIpc) is 2.28. The number of thiocarbonyl (C=S) groups is 1. The zero-order chi connectivity index (χ0) is 12.4. The molecule has 1 aliphatic heterocycles. The van der Waals surface area contributed by atoms with Gasteiger partial charge in [0.25, 0.3) is 0 Å². The maximum absolute atomic E-state index is 11.6. The second-order valence-electron chi connectivity index (χ2n) is 3.60. The highest BCUT2D eigenvalue weighted by Gasteiger charge is 2.35. The van der Waals surface area contributed by atoms with Crippen LogP contribution in [-0.2, 0) is 4.79 Å². The van der Waals surface area contributed by atoms with Gasteiger partial charge in [0.2, 0.25) is 5.91 Å². The maximum Gasteiger partial charge on any atom is 0.245 e. The minimum absolute atomic E-state index is 0.256. The summed E-state index contributed by atoms with van der Waals surface area (Å²) in [6, 6.07) is 9.04. The Hall–Kier alpha value is -1.45. The Balaban J connectivity index is 2.38. The number of rotatable bonds is 1. The Morgan fingerprint density at radius 3 is 2.88 bits per heavy atom. The van der Waals surface area contributed by atoms with Crippen molar-refractivity contribution in [3.05, 3.63) is 34.3 Å². The van der Waals surface area contributed by atoms with Crippen molar-refractivity contribution >= 4 is 39.2 Å². The number of carbonyl (C=O) groups excluding carboxylic acids is 1. The molecule has 0 radical (unpaired) electrons. The van der Waals surface area contributed by atoms with Crippen LogP contribution in [0.4, 0.5) is 0 Å². The Kier molecular flexibility index (Phi) is 3.41. The first-order valence-corrected chi connectivity index (χ1v) is 6.08. The van der Waals surface area contributed by atoms with Gasteiger partial charge in [-0.15, -0.1) is 0 Å². The topological polar surface area (TPSA) is 64.9 Å². The van der Waals surface area contributed by atoms with E-state index in [9.17, 15) is 4.79 Å². The largest absolute Gasteiger partial charge is 0.354 e. The van der Waals surface area contributed by atoms with Crippen molar-refractivity contribution in [2.24, 2.45) is 5.92 Å². The summed E-state index contributed by atoms with van der Waals surface area (Å²) in [4.78, 5) is 11.6. The molecule has 1 fully saturated rings. The summed E-state index contributed by atoms with van der Waals surface area (Å²) in [5.41, 5.74) is 0.850. The minimum atomic E-state index is -0.781. The van der Waals surface area contributed by atoms with E-state index < -0.39 is 12.0 Å². The summed E-state index contributed by atoms with van der Waals surface area (Å²) in [5.74, 6) is -1.14. The highest BCUT2D eigenvalue weighted by atomic mass is 79.9. The van der Waals surface area contributed by atoms with E-state index in [2.05, 4.69) is 26.6 Å². The highest BCUT2D eigenvalue weighted by molar-refractivity contribution is 9.10. The molecule has 6 heteroatoms. The van der Waals surface area contributed by atoms with Crippen molar-refractivity contribution in [2.45, 2.75) is 6.04 Å². The van der Waals surface area contributed by atoms with Gasteiger partial charge in [-0.05, 0) is 29.9 Å². The molecule has 17 heavy (non-hydrogen) atoms. The zero-order valence-corrected chi connectivity index (χ0v) is 11.0. The molecule has 1 saturated heterocycles. The van der Waals surface area contributed by atoms with Gasteiger partial charge in [0.05, 0.1) is 12.1 Å². The molecule has 1 aromatic rings. The van der Waals surface area contributed by atoms with Gasteiger partial charge in [0.1, 0.15) is 5.92 Å². The fourth-order valence-electron chi connectivity index (χ4n) is 1.71. The molecule has 4 nitrogen and oxygen atoms in total. The third-order valence-electron chi connectivity index (χ3n) is 2.49. The Bertz CT molecular complexity index is 526. The first-order valence-electron chi connectivity index (χ1n) is 4.88. The number of carbonyl (C=O) groups is 1. The SMILES string of the molecule is N#C[C@@H]1C(=O)NC(=S)N[C@H]1c1cccc(Br)c1. The van der Waals surface area contributed by atoms with Gasteiger partial charge in [-0.25, -0.2) is 0 Å². The number of halogens is 1. The van der Waals surface area contributed by atoms with E-state index in [0.717, 1.165) is 10.0 Å². The summed E-state index contributed by atoms with van der Waals surface area (Å²) < 4.78 is 0.894. The Morgan fingerprint density at radius 1 is 1.47 bits per heavy atom. The summed E-state index contributed by atoms with van der Waals surface area (Å²) in [7, 11) is 0. The predicted molar refractivity (Wildman–Crippen MR) is 69.9 cm³/mol. The zero-order valence-electron chi connectivity index (χ0n) is 8.61. The molecule has 0 bridgehead atoms. The van der Waals surface area contributed by atoms with E-state index in [0.29, 0.717) is 0 Å². The lowest BCUT2D eigenvalue weighted by Gasteiger charge is -2.29. The third-order valence-corrected chi connectivity index (χ3v) is 3.20. The van der Waals surface area contributed by atoms with Crippen LogP contribution < -0.4 is 10.6 Å². The first-order chi connectivity index (χ1) is 8.11. The van der Waals surface area contributed by atoms with Crippen molar-refractivity contribution in [1.82, 2.24) is 10.6 Å². The molecule has 2 N–H and O–H groups in total. The number of nitrogens with one attached hydrogen (secondary N) is 2. The fourth-order valence-corrected chi connectivity index (χ4v) is 2.36. The Labute approximate surface area is 112 Å². The number of amides is 1. The van der Waals surface area contributed by atoms with Crippen LogP contribution in [0.2, 0.25) is 0 Å². The van der Waals surface area contributed by atoms with Crippen LogP contribution in [0.15, 0.2) is 28.7 Å². The summed E-state index contributed by atoms with van der Waals surface area (Å²) in [5, 5.41) is 14.7. The van der Waals surface area contributed by atoms with E-state index in [1.54, 1.807) is 0 Å². The van der Waals surface area contributed by atoms with Gasteiger partial charge in [0, 0.05) is 4.47 Å². The number of nitrogens with zero attached hydrogens (tertiary/aromatic N) is 1. The van der Waals surface area contributed by atoms with E-state index in [1.165, 1.54) is 0 Å². The van der Waals surface area contributed by atoms with Crippen LogP contribution in [0.1, 0.15) is 11.6 Å². The van der Waals surface area contributed by atoms with Gasteiger partial charge in [-0.1, -0.05) is 28.1 Å². The molecule has 0 aliphatic carbocycles. The van der Waals surface area contributed by atoms with Crippen LogP contribution in [0.3, 0.4) is 0 Å². The molecule has 0 unspecified atom stereocenters. The van der Waals surface area contributed by atoms with E-state index >= 15 is 0 Å². The van der Waals surface area contributed by atoms with Gasteiger partial charge in [-0.3, -0.25) is 4.79 Å². The molecular weight excluding hydrogens is 302 g/mol. The lowest BCUT2D eigenvalue weighted by atomic mass is 9.92. The van der Waals surface area contributed by atoms with E-state index in [1.807, 2.05) is 30.3 Å². The Morgan fingerprint density at radius 2 is 2.24 bits per heavy atom. The maximum atomic E-state index is 11.6. The van der Waals surface area contributed by atoms with E-state index in [4.69, 9.17) is 17.5 Å². The summed E-state index contributed by atoms with van der Waals surface area (Å²) in [6.45, 7) is 0. The molecule has 0 aromatic heterocycles. The number of benzene rings is 1. The number of hydrogen-bond donors (Lipinski definition) is 2. The van der Waals surface area contributed by atoms with Crippen LogP contribution >= 0.6 is 28.1 Å². The molecular formula is C11H8BrN3OS. The fraction of sp³-hybridized carbons (Fsp3) is 0.182. The average molecular weight is 310 g/mol. The lowest BCUT2D eigenvalue weighted by Crippen LogP contribution is -2.53. The third kappa shape index (κ3) is 2.46. The van der Waals surface area contributed by atoms with Crippen molar-refractivity contribution in [3.8, 4) is 6.07 Å². The summed E-state index contributed by atoms with van der Waals surface area (Å²) in [6.07, 6.45) is 0. The van der Waals surface area contributed by atoms with Crippen LogP contribution in [0.5, 0.6) is 0 Å². The van der Waals surface area contributed by atoms with E-state index in [-0.39, 0.29) is 11.0 Å². The van der Waals surface area contributed by atoms with Crippen molar-refractivity contribution in [1.29, 1.82) is 5.26 Å². The van der Waals surface area contributed by atoms with Crippen LogP contribution in [0.25, 0.3) is 0 Å². The lowest BCUT2D eigenvalue weighted by molar-refractivity contribution is -0.123. The van der Waals surface area contributed by atoms with Crippen molar-refractivity contribution in [2.75, 3.05) is 0 Å². The monoisotopic (exact) mass is 309 g/mol. The number of nitriles is 1. The van der Waals surface area contributed by atoms with Gasteiger partial charge < -0.3 is 10.6 Å². The second kappa shape index (κ2) is 4.82. The van der Waals surface area contributed by atoms with Gasteiger partial charge in [0.15, 0.2) is 5.11 Å². The standard InChI is InChI=1S/C11H8BrN3OS/c12-7-3-1-2-6(4-7)9-8(5-13)10(16)15-11(17)14-9/h1-4,8-9H,(H2,14,15,16,17)/t8-,9-/m0/s1. The molecule has 1 aromatic carbocycles. The quantitative estimate of drug-likeness (QED) is 0.774. The normalized spacial score (nSPS) is 23.5. The molecule has 0 spiro atoms.